The minimum atomic E-state index is -0.141. The van der Waals surface area contributed by atoms with Gasteiger partial charge in [0.05, 0.1) is 16.3 Å². The average Bonchev–Trinajstić information content (AvgIpc) is 3.11. The Hall–Kier alpha value is -2.31. The van der Waals surface area contributed by atoms with Gasteiger partial charge in [0.2, 0.25) is 5.91 Å². The van der Waals surface area contributed by atoms with Crippen molar-refractivity contribution in [3.05, 3.63) is 60.2 Å². The summed E-state index contributed by atoms with van der Waals surface area (Å²) in [5, 5.41) is 0.787. The minimum Gasteiger partial charge on any atom is -0.339 e. The first kappa shape index (κ1) is 20.0. The fourth-order valence-corrected chi connectivity index (χ4v) is 4.95. The number of thioether (sulfide) groups is 1. The number of amides is 1. The molecule has 1 amide bonds. The molecule has 0 spiro atoms. The van der Waals surface area contributed by atoms with E-state index in [1.807, 2.05) is 36.1 Å². The van der Waals surface area contributed by atoms with Crippen molar-refractivity contribution < 1.29 is 4.79 Å². The van der Waals surface area contributed by atoms with Crippen molar-refractivity contribution in [2.45, 2.75) is 37.3 Å². The molecule has 0 bridgehead atoms. The van der Waals surface area contributed by atoms with Gasteiger partial charge in [0.1, 0.15) is 0 Å². The zero-order valence-corrected chi connectivity index (χ0v) is 17.9. The molecule has 152 valence electrons. The molecule has 0 unspecified atom stereocenters. The Morgan fingerprint density at radius 2 is 1.72 bits per heavy atom. The number of fused-ring (bicyclic) bond motifs is 1. The number of aromatic nitrogens is 2. The molecule has 1 aliphatic rings. The van der Waals surface area contributed by atoms with E-state index in [0.717, 1.165) is 55.5 Å². The molecule has 1 saturated heterocycles. The second-order valence-electron chi connectivity index (χ2n) is 7.47. The van der Waals surface area contributed by atoms with Crippen LogP contribution in [0, 0.1) is 0 Å². The van der Waals surface area contributed by atoms with Crippen LogP contribution in [0.15, 0.2) is 59.8 Å². The Morgan fingerprint density at radius 1 is 1.03 bits per heavy atom. The second-order valence-corrected chi connectivity index (χ2v) is 8.78. The topological polar surface area (TPSA) is 41.4 Å². The number of carbonyl (C=O) groups is 1. The lowest BCUT2D eigenvalue weighted by molar-refractivity contribution is -0.132. The Bertz CT molecular complexity index is 963. The van der Waals surface area contributed by atoms with Gasteiger partial charge in [-0.25, -0.2) is 4.98 Å². The highest BCUT2D eigenvalue weighted by Gasteiger charge is 2.27. The number of hydrogen-bond acceptors (Lipinski definition) is 4. The van der Waals surface area contributed by atoms with Crippen LogP contribution in [-0.4, -0.2) is 56.7 Å². The number of para-hydroxylation sites is 2. The molecule has 29 heavy (non-hydrogen) atoms. The van der Waals surface area contributed by atoms with Gasteiger partial charge in [-0.15, -0.1) is 0 Å². The third-order valence-electron chi connectivity index (χ3n) is 5.50. The summed E-state index contributed by atoms with van der Waals surface area (Å²) in [5.41, 5.74) is 3.45. The summed E-state index contributed by atoms with van der Waals surface area (Å²) in [7, 11) is 0. The lowest BCUT2D eigenvalue weighted by Gasteiger charge is -2.35. The van der Waals surface area contributed by atoms with Crippen LogP contribution < -0.4 is 0 Å². The molecule has 0 N–H and O–H groups in total. The van der Waals surface area contributed by atoms with Crippen molar-refractivity contribution >= 4 is 28.7 Å². The molecule has 1 aromatic heterocycles. The maximum Gasteiger partial charge on any atom is 0.235 e. The molecule has 0 radical (unpaired) electrons. The van der Waals surface area contributed by atoms with E-state index in [1.54, 1.807) is 11.8 Å². The standard InChI is InChI=1S/C23H28N4OS/c1-3-27-21-12-8-7-11-20(21)24-23(27)29-18(2)22(28)26-15-13-25(14-16-26)17-19-9-5-4-6-10-19/h4-12,18H,3,13-17H2,1-2H3/t18-/m0/s1. The molecule has 0 aliphatic carbocycles. The predicted octanol–water partition coefficient (Wildman–Crippen LogP) is 3.88. The molecule has 2 aromatic carbocycles. The van der Waals surface area contributed by atoms with Gasteiger partial charge in [-0.05, 0) is 31.5 Å². The summed E-state index contributed by atoms with van der Waals surface area (Å²) in [6.45, 7) is 9.35. The zero-order chi connectivity index (χ0) is 20.2. The number of aryl methyl sites for hydroxylation is 1. The monoisotopic (exact) mass is 408 g/mol. The van der Waals surface area contributed by atoms with Gasteiger partial charge in [0.25, 0.3) is 0 Å². The van der Waals surface area contributed by atoms with Crippen molar-refractivity contribution in [2.75, 3.05) is 26.2 Å². The third kappa shape index (κ3) is 4.49. The summed E-state index contributed by atoms with van der Waals surface area (Å²) < 4.78 is 2.20. The van der Waals surface area contributed by atoms with Gasteiger partial charge in [-0.3, -0.25) is 9.69 Å². The summed E-state index contributed by atoms with van der Waals surface area (Å²) >= 11 is 1.57. The molecule has 3 aromatic rings. The van der Waals surface area contributed by atoms with E-state index in [2.05, 4.69) is 46.7 Å². The van der Waals surface area contributed by atoms with Crippen LogP contribution in [0.2, 0.25) is 0 Å². The SMILES string of the molecule is CCn1c(S[C@@H](C)C(=O)N2CCN(Cc3ccccc3)CC2)nc2ccccc21. The zero-order valence-electron chi connectivity index (χ0n) is 17.1. The van der Waals surface area contributed by atoms with Crippen molar-refractivity contribution in [1.29, 1.82) is 0 Å². The van der Waals surface area contributed by atoms with Crippen molar-refractivity contribution in [1.82, 2.24) is 19.4 Å². The third-order valence-corrected chi connectivity index (χ3v) is 6.58. The van der Waals surface area contributed by atoms with Crippen LogP contribution in [0.3, 0.4) is 0 Å². The van der Waals surface area contributed by atoms with E-state index in [-0.39, 0.29) is 11.2 Å². The molecule has 4 rings (SSSR count). The number of nitrogens with zero attached hydrogens (tertiary/aromatic N) is 4. The molecule has 1 aliphatic heterocycles. The first-order chi connectivity index (χ1) is 14.2. The molecule has 6 heteroatoms. The van der Waals surface area contributed by atoms with Crippen molar-refractivity contribution in [3.8, 4) is 0 Å². The van der Waals surface area contributed by atoms with Crippen molar-refractivity contribution in [3.63, 3.8) is 0 Å². The maximum absolute atomic E-state index is 13.0. The molecule has 1 fully saturated rings. The Balaban J connectivity index is 1.35. The average molecular weight is 409 g/mol. The van der Waals surface area contributed by atoms with Crippen LogP contribution in [0.25, 0.3) is 11.0 Å². The summed E-state index contributed by atoms with van der Waals surface area (Å²) in [6, 6.07) is 18.7. The first-order valence-corrected chi connectivity index (χ1v) is 11.2. The number of hydrogen-bond donors (Lipinski definition) is 0. The van der Waals surface area contributed by atoms with E-state index >= 15 is 0 Å². The number of rotatable bonds is 6. The molecule has 2 heterocycles. The molecule has 0 saturated carbocycles. The van der Waals surface area contributed by atoms with Crippen LogP contribution in [-0.2, 0) is 17.9 Å². The van der Waals surface area contributed by atoms with E-state index in [4.69, 9.17) is 4.98 Å². The Morgan fingerprint density at radius 3 is 2.45 bits per heavy atom. The first-order valence-electron chi connectivity index (χ1n) is 10.3. The highest BCUT2D eigenvalue weighted by molar-refractivity contribution is 8.00. The highest BCUT2D eigenvalue weighted by atomic mass is 32.2. The fourth-order valence-electron chi connectivity index (χ4n) is 3.88. The van der Waals surface area contributed by atoms with Crippen molar-refractivity contribution in [2.24, 2.45) is 0 Å². The molecular weight excluding hydrogens is 380 g/mol. The summed E-state index contributed by atoms with van der Waals surface area (Å²) in [5.74, 6) is 0.212. The van der Waals surface area contributed by atoms with Gasteiger partial charge in [-0.2, -0.15) is 0 Å². The fraction of sp³-hybridized carbons (Fsp3) is 0.391. The number of piperazine rings is 1. The second kappa shape index (κ2) is 9.01. The van der Waals surface area contributed by atoms with Crippen LogP contribution in [0.5, 0.6) is 0 Å². The quantitative estimate of drug-likeness (QED) is 0.581. The summed E-state index contributed by atoms with van der Waals surface area (Å²) in [6.07, 6.45) is 0. The lowest BCUT2D eigenvalue weighted by Crippen LogP contribution is -2.50. The smallest absolute Gasteiger partial charge is 0.235 e. The van der Waals surface area contributed by atoms with E-state index in [0.29, 0.717) is 0 Å². The van der Waals surface area contributed by atoms with Gasteiger partial charge in [0, 0.05) is 39.3 Å². The minimum absolute atomic E-state index is 0.141. The van der Waals surface area contributed by atoms with E-state index in [9.17, 15) is 4.79 Å². The van der Waals surface area contributed by atoms with E-state index < -0.39 is 0 Å². The molecule has 1 atom stereocenters. The van der Waals surface area contributed by atoms with Gasteiger partial charge >= 0.3 is 0 Å². The molecule has 5 nitrogen and oxygen atoms in total. The Kier molecular flexibility index (Phi) is 6.21. The number of carbonyl (C=O) groups excluding carboxylic acids is 1. The Labute approximate surface area is 176 Å². The predicted molar refractivity (Wildman–Crippen MR) is 119 cm³/mol. The normalized spacial score (nSPS) is 16.3. The van der Waals surface area contributed by atoms with Crippen LogP contribution in [0.1, 0.15) is 19.4 Å². The largest absolute Gasteiger partial charge is 0.339 e. The molecular formula is C23H28N4OS. The van der Waals surface area contributed by atoms with Gasteiger partial charge in [0.15, 0.2) is 5.16 Å². The van der Waals surface area contributed by atoms with Crippen LogP contribution in [0.4, 0.5) is 0 Å². The maximum atomic E-state index is 13.0. The number of imidazole rings is 1. The van der Waals surface area contributed by atoms with Gasteiger partial charge in [-0.1, -0.05) is 54.2 Å². The number of benzene rings is 2. The highest BCUT2D eigenvalue weighted by Crippen LogP contribution is 2.28. The van der Waals surface area contributed by atoms with E-state index in [1.165, 1.54) is 5.56 Å². The van der Waals surface area contributed by atoms with Gasteiger partial charge < -0.3 is 9.47 Å². The van der Waals surface area contributed by atoms with Crippen LogP contribution >= 0.6 is 11.8 Å². The lowest BCUT2D eigenvalue weighted by atomic mass is 10.2. The summed E-state index contributed by atoms with van der Waals surface area (Å²) in [4.78, 5) is 22.2.